The lowest BCUT2D eigenvalue weighted by molar-refractivity contribution is -0.122. The first-order chi connectivity index (χ1) is 11.8. The number of amides is 1. The summed E-state index contributed by atoms with van der Waals surface area (Å²) in [6.07, 6.45) is -0.881. The highest BCUT2D eigenvalue weighted by atomic mass is 35.5. The Kier molecular flexibility index (Phi) is 6.53. The molecule has 1 amide bonds. The molecule has 0 aromatic heterocycles. The topological polar surface area (TPSA) is 64.6 Å². The SMILES string of the molecule is COC(=O)c1ccc(Cl)c(NC(=O)C(C)Oc2cccc(Cl)c2Cl)c1. The second kappa shape index (κ2) is 8.43. The zero-order valence-electron chi connectivity index (χ0n) is 13.3. The summed E-state index contributed by atoms with van der Waals surface area (Å²) in [4.78, 5) is 23.9. The summed E-state index contributed by atoms with van der Waals surface area (Å²) in [5.74, 6) is -0.728. The second-order valence-corrected chi connectivity index (χ2v) is 6.18. The van der Waals surface area contributed by atoms with Crippen LogP contribution in [-0.2, 0) is 9.53 Å². The highest BCUT2D eigenvalue weighted by Gasteiger charge is 2.19. The van der Waals surface area contributed by atoms with Gasteiger partial charge >= 0.3 is 5.97 Å². The fourth-order valence-corrected chi connectivity index (χ4v) is 2.42. The maximum Gasteiger partial charge on any atom is 0.337 e. The first-order valence-electron chi connectivity index (χ1n) is 7.13. The summed E-state index contributed by atoms with van der Waals surface area (Å²) in [6.45, 7) is 1.55. The minimum absolute atomic E-state index is 0.217. The minimum atomic E-state index is -0.881. The zero-order valence-corrected chi connectivity index (χ0v) is 15.6. The smallest absolute Gasteiger partial charge is 0.337 e. The average Bonchev–Trinajstić information content (AvgIpc) is 2.60. The number of halogens is 3. The Morgan fingerprint density at radius 1 is 1.08 bits per heavy atom. The number of hydrogen-bond acceptors (Lipinski definition) is 4. The van der Waals surface area contributed by atoms with E-state index in [1.54, 1.807) is 25.1 Å². The van der Waals surface area contributed by atoms with Gasteiger partial charge in [-0.25, -0.2) is 4.79 Å². The number of methoxy groups -OCH3 is 1. The number of rotatable bonds is 5. The normalized spacial score (nSPS) is 11.6. The fourth-order valence-electron chi connectivity index (χ4n) is 1.92. The van der Waals surface area contributed by atoms with Gasteiger partial charge in [-0.1, -0.05) is 40.9 Å². The number of esters is 1. The van der Waals surface area contributed by atoms with Gasteiger partial charge in [0.05, 0.1) is 28.4 Å². The molecule has 0 spiro atoms. The molecule has 2 aromatic carbocycles. The van der Waals surface area contributed by atoms with Crippen LogP contribution in [-0.4, -0.2) is 25.1 Å². The standard InChI is InChI=1S/C17H14Cl3NO4/c1-9(25-14-5-3-4-12(19)15(14)20)16(22)21-13-8-10(17(23)24-2)6-7-11(13)18/h3-9H,1-2H3,(H,21,22). The van der Waals surface area contributed by atoms with Crippen molar-refractivity contribution in [2.24, 2.45) is 0 Å². The quantitative estimate of drug-likeness (QED) is 0.727. The summed E-state index contributed by atoms with van der Waals surface area (Å²) in [5.41, 5.74) is 0.524. The van der Waals surface area contributed by atoms with E-state index in [-0.39, 0.29) is 27.0 Å². The van der Waals surface area contributed by atoms with Gasteiger partial charge in [0.25, 0.3) is 5.91 Å². The highest BCUT2D eigenvalue weighted by molar-refractivity contribution is 6.42. The van der Waals surface area contributed by atoms with Gasteiger partial charge in [-0.05, 0) is 37.3 Å². The molecule has 0 saturated carbocycles. The van der Waals surface area contributed by atoms with Crippen molar-refractivity contribution in [3.05, 3.63) is 57.0 Å². The number of nitrogens with one attached hydrogen (secondary N) is 1. The fraction of sp³-hybridized carbons (Fsp3) is 0.176. The van der Waals surface area contributed by atoms with E-state index in [0.717, 1.165) is 0 Å². The van der Waals surface area contributed by atoms with Crippen LogP contribution >= 0.6 is 34.8 Å². The van der Waals surface area contributed by atoms with E-state index < -0.39 is 18.0 Å². The third-order valence-electron chi connectivity index (χ3n) is 3.23. The number of carbonyl (C=O) groups is 2. The maximum absolute atomic E-state index is 12.3. The molecule has 25 heavy (non-hydrogen) atoms. The van der Waals surface area contributed by atoms with Crippen LogP contribution in [0.15, 0.2) is 36.4 Å². The van der Waals surface area contributed by atoms with Crippen LogP contribution < -0.4 is 10.1 Å². The van der Waals surface area contributed by atoms with Gasteiger partial charge in [-0.2, -0.15) is 0 Å². The number of ether oxygens (including phenoxy) is 2. The molecule has 0 radical (unpaired) electrons. The Bertz CT molecular complexity index is 810. The van der Waals surface area contributed by atoms with Gasteiger partial charge < -0.3 is 14.8 Å². The number of anilines is 1. The second-order valence-electron chi connectivity index (χ2n) is 4.99. The molecule has 0 fully saturated rings. The van der Waals surface area contributed by atoms with Gasteiger partial charge in [0, 0.05) is 0 Å². The third-order valence-corrected chi connectivity index (χ3v) is 4.37. The van der Waals surface area contributed by atoms with Gasteiger partial charge in [0.1, 0.15) is 10.8 Å². The molecule has 8 heteroatoms. The number of hydrogen-bond donors (Lipinski definition) is 1. The van der Waals surface area contributed by atoms with Crippen LogP contribution in [0.3, 0.4) is 0 Å². The highest BCUT2D eigenvalue weighted by Crippen LogP contribution is 2.32. The lowest BCUT2D eigenvalue weighted by atomic mass is 10.2. The third kappa shape index (κ3) is 4.78. The molecular formula is C17H14Cl3NO4. The van der Waals surface area contributed by atoms with Gasteiger partial charge in [-0.15, -0.1) is 0 Å². The van der Waals surface area contributed by atoms with Crippen molar-refractivity contribution < 1.29 is 19.1 Å². The molecule has 1 N–H and O–H groups in total. The molecular weight excluding hydrogens is 389 g/mol. The van der Waals surface area contributed by atoms with Crippen LogP contribution in [0.5, 0.6) is 5.75 Å². The largest absolute Gasteiger partial charge is 0.479 e. The molecule has 2 aromatic rings. The van der Waals surface area contributed by atoms with E-state index in [2.05, 4.69) is 10.1 Å². The molecule has 1 atom stereocenters. The van der Waals surface area contributed by atoms with Crippen molar-refractivity contribution >= 4 is 52.4 Å². The van der Waals surface area contributed by atoms with Crippen molar-refractivity contribution in [2.75, 3.05) is 12.4 Å². The van der Waals surface area contributed by atoms with Crippen molar-refractivity contribution in [2.45, 2.75) is 13.0 Å². The molecule has 0 aliphatic carbocycles. The molecule has 0 aliphatic heterocycles. The summed E-state index contributed by atoms with van der Waals surface area (Å²) >= 11 is 18.0. The summed E-state index contributed by atoms with van der Waals surface area (Å²) in [6, 6.07) is 9.27. The van der Waals surface area contributed by atoms with Crippen LogP contribution in [0.2, 0.25) is 15.1 Å². The van der Waals surface area contributed by atoms with Gasteiger partial charge in [-0.3, -0.25) is 4.79 Å². The van der Waals surface area contributed by atoms with E-state index in [1.165, 1.54) is 25.3 Å². The monoisotopic (exact) mass is 401 g/mol. The Balaban J connectivity index is 2.13. The Morgan fingerprint density at radius 3 is 2.48 bits per heavy atom. The summed E-state index contributed by atoms with van der Waals surface area (Å²) < 4.78 is 10.2. The minimum Gasteiger partial charge on any atom is -0.479 e. The van der Waals surface area contributed by atoms with E-state index in [1.807, 2.05) is 0 Å². The average molecular weight is 403 g/mol. The van der Waals surface area contributed by atoms with E-state index in [4.69, 9.17) is 39.5 Å². The number of carbonyl (C=O) groups excluding carboxylic acids is 2. The maximum atomic E-state index is 12.3. The summed E-state index contributed by atoms with van der Waals surface area (Å²) in [5, 5.41) is 3.41. The molecule has 5 nitrogen and oxygen atoms in total. The van der Waals surface area contributed by atoms with Gasteiger partial charge in [0.2, 0.25) is 0 Å². The molecule has 2 rings (SSSR count). The predicted octanol–water partition coefficient (Wildman–Crippen LogP) is 4.84. The van der Waals surface area contributed by atoms with Crippen molar-refractivity contribution in [1.29, 1.82) is 0 Å². The molecule has 0 aliphatic rings. The first-order valence-corrected chi connectivity index (χ1v) is 8.26. The lowest BCUT2D eigenvalue weighted by Crippen LogP contribution is -2.30. The molecule has 1 unspecified atom stereocenters. The van der Waals surface area contributed by atoms with Gasteiger partial charge in [0.15, 0.2) is 6.10 Å². The predicted molar refractivity (Wildman–Crippen MR) is 98.0 cm³/mol. The van der Waals surface area contributed by atoms with Crippen LogP contribution in [0.4, 0.5) is 5.69 Å². The Morgan fingerprint density at radius 2 is 1.80 bits per heavy atom. The molecule has 0 heterocycles. The van der Waals surface area contributed by atoms with Crippen molar-refractivity contribution in [3.8, 4) is 5.75 Å². The van der Waals surface area contributed by atoms with Crippen LogP contribution in [0.25, 0.3) is 0 Å². The lowest BCUT2D eigenvalue weighted by Gasteiger charge is -2.16. The van der Waals surface area contributed by atoms with E-state index >= 15 is 0 Å². The van der Waals surface area contributed by atoms with E-state index in [0.29, 0.717) is 5.02 Å². The van der Waals surface area contributed by atoms with E-state index in [9.17, 15) is 9.59 Å². The van der Waals surface area contributed by atoms with Crippen molar-refractivity contribution in [3.63, 3.8) is 0 Å². The Hall–Kier alpha value is -1.95. The molecule has 0 bridgehead atoms. The Labute approximate surface area is 159 Å². The number of benzene rings is 2. The summed E-state index contributed by atoms with van der Waals surface area (Å²) in [7, 11) is 1.26. The van der Waals surface area contributed by atoms with Crippen LogP contribution in [0, 0.1) is 0 Å². The first kappa shape index (κ1) is 19.4. The molecule has 132 valence electrons. The van der Waals surface area contributed by atoms with Crippen LogP contribution in [0.1, 0.15) is 17.3 Å². The molecule has 0 saturated heterocycles. The van der Waals surface area contributed by atoms with Crippen molar-refractivity contribution in [1.82, 2.24) is 0 Å². The zero-order chi connectivity index (χ0) is 18.6.